The molecule has 4 saturated carbocycles. The van der Waals surface area contributed by atoms with E-state index in [2.05, 4.69) is 5.32 Å². The molecule has 4 bridgehead atoms. The smallest absolute Gasteiger partial charge is 0.226 e. The van der Waals surface area contributed by atoms with Crippen LogP contribution in [0.4, 0.5) is 0 Å². The largest absolute Gasteiger partial charge is 0.348 e. The molecule has 1 aromatic carbocycles. The third-order valence-corrected chi connectivity index (χ3v) is 6.19. The molecule has 23 heavy (non-hydrogen) atoms. The Kier molecular flexibility index (Phi) is 3.26. The molecule has 5 rings (SSSR count). The number of hydrogen-bond acceptors (Lipinski definition) is 3. The quantitative estimate of drug-likeness (QED) is 0.869. The molecule has 1 aromatic rings. The fourth-order valence-corrected chi connectivity index (χ4v) is 5.34. The van der Waals surface area contributed by atoms with Crippen LogP contribution in [-0.2, 0) is 4.79 Å². The zero-order chi connectivity index (χ0) is 16.0. The van der Waals surface area contributed by atoms with Gasteiger partial charge in [-0.25, -0.2) is 0 Å². The molecule has 0 aliphatic heterocycles. The van der Waals surface area contributed by atoms with E-state index >= 15 is 0 Å². The van der Waals surface area contributed by atoms with E-state index in [1.165, 1.54) is 19.3 Å². The summed E-state index contributed by atoms with van der Waals surface area (Å²) in [5.41, 5.74) is 0.890. The molecular formula is C19H20N2O2. The maximum Gasteiger partial charge on any atom is 0.226 e. The summed E-state index contributed by atoms with van der Waals surface area (Å²) in [6.45, 7) is 0.0501. The van der Waals surface area contributed by atoms with Crippen LogP contribution in [0.25, 0.3) is 0 Å². The summed E-state index contributed by atoms with van der Waals surface area (Å²) >= 11 is 0. The molecule has 0 saturated heterocycles. The van der Waals surface area contributed by atoms with Crippen LogP contribution in [0.1, 0.15) is 48.0 Å². The monoisotopic (exact) mass is 308 g/mol. The average molecular weight is 308 g/mol. The van der Waals surface area contributed by atoms with Crippen molar-refractivity contribution < 1.29 is 9.59 Å². The van der Waals surface area contributed by atoms with Gasteiger partial charge in [-0.2, -0.15) is 5.26 Å². The van der Waals surface area contributed by atoms with E-state index in [9.17, 15) is 9.59 Å². The second-order valence-electron chi connectivity index (χ2n) is 7.50. The molecule has 118 valence electrons. The van der Waals surface area contributed by atoms with Gasteiger partial charge in [0.05, 0.1) is 23.6 Å². The summed E-state index contributed by atoms with van der Waals surface area (Å²) in [4.78, 5) is 25.0. The summed E-state index contributed by atoms with van der Waals surface area (Å²) < 4.78 is 0. The number of amides is 1. The Hall–Kier alpha value is -2.15. The van der Waals surface area contributed by atoms with Crippen LogP contribution in [0, 0.1) is 34.5 Å². The summed E-state index contributed by atoms with van der Waals surface area (Å²) in [6, 6.07) is 8.59. The molecular weight excluding hydrogens is 288 g/mol. The van der Waals surface area contributed by atoms with Gasteiger partial charge in [0.1, 0.15) is 0 Å². The van der Waals surface area contributed by atoms with Crippen molar-refractivity contribution in [2.75, 3.05) is 6.54 Å². The Morgan fingerprint density at radius 3 is 2.39 bits per heavy atom. The molecule has 2 atom stereocenters. The molecule has 4 aliphatic rings. The van der Waals surface area contributed by atoms with Gasteiger partial charge in [-0.15, -0.1) is 0 Å². The molecule has 4 fully saturated rings. The Labute approximate surface area is 135 Å². The highest BCUT2D eigenvalue weighted by atomic mass is 16.2. The van der Waals surface area contributed by atoms with Gasteiger partial charge >= 0.3 is 0 Å². The number of nitriles is 1. The molecule has 4 aliphatic carbocycles. The SMILES string of the molecule is N#Cc1ccc(C(=O)CNC(=O)C23CC4CC(CC2C4)C3)cc1. The number of benzene rings is 1. The molecule has 0 heterocycles. The number of carbonyl (C=O) groups is 2. The van der Waals surface area contributed by atoms with Crippen molar-refractivity contribution in [3.05, 3.63) is 35.4 Å². The lowest BCUT2D eigenvalue weighted by Gasteiger charge is -2.31. The van der Waals surface area contributed by atoms with E-state index in [0.717, 1.165) is 24.7 Å². The Balaban J connectivity index is 1.40. The summed E-state index contributed by atoms with van der Waals surface area (Å²) in [5.74, 6) is 1.99. The van der Waals surface area contributed by atoms with Crippen molar-refractivity contribution >= 4 is 11.7 Å². The first-order valence-electron chi connectivity index (χ1n) is 8.42. The fourth-order valence-electron chi connectivity index (χ4n) is 5.34. The van der Waals surface area contributed by atoms with Crippen molar-refractivity contribution in [3.8, 4) is 6.07 Å². The summed E-state index contributed by atoms with van der Waals surface area (Å²) in [7, 11) is 0. The van der Waals surface area contributed by atoms with Crippen LogP contribution >= 0.6 is 0 Å². The molecule has 0 spiro atoms. The number of rotatable bonds is 4. The van der Waals surface area contributed by atoms with Gasteiger partial charge < -0.3 is 5.32 Å². The maximum absolute atomic E-state index is 12.7. The highest BCUT2D eigenvalue weighted by Crippen LogP contribution is 2.65. The number of hydrogen-bond donors (Lipinski definition) is 1. The predicted octanol–water partition coefficient (Wildman–Crippen LogP) is 2.68. The van der Waals surface area contributed by atoms with E-state index in [4.69, 9.17) is 5.26 Å². The van der Waals surface area contributed by atoms with Crippen LogP contribution in [0.2, 0.25) is 0 Å². The first-order chi connectivity index (χ1) is 11.1. The van der Waals surface area contributed by atoms with Gasteiger partial charge in [-0.05, 0) is 62.0 Å². The van der Waals surface area contributed by atoms with Gasteiger partial charge in [0.25, 0.3) is 0 Å². The molecule has 0 radical (unpaired) electrons. The molecule has 2 unspecified atom stereocenters. The lowest BCUT2D eigenvalue weighted by atomic mass is 9.75. The first-order valence-corrected chi connectivity index (χ1v) is 8.42. The molecule has 4 heteroatoms. The van der Waals surface area contributed by atoms with Crippen molar-refractivity contribution in [1.29, 1.82) is 5.26 Å². The zero-order valence-electron chi connectivity index (χ0n) is 13.0. The van der Waals surface area contributed by atoms with Crippen LogP contribution in [-0.4, -0.2) is 18.2 Å². The zero-order valence-corrected chi connectivity index (χ0v) is 13.0. The number of nitrogens with one attached hydrogen (secondary N) is 1. The fraction of sp³-hybridized carbons (Fsp3) is 0.526. The third kappa shape index (κ3) is 2.26. The predicted molar refractivity (Wildman–Crippen MR) is 84.5 cm³/mol. The number of ketones is 1. The molecule has 0 aromatic heterocycles. The van der Waals surface area contributed by atoms with Crippen molar-refractivity contribution in [2.24, 2.45) is 23.2 Å². The highest BCUT2D eigenvalue weighted by Gasteiger charge is 2.61. The first kappa shape index (κ1) is 14.4. The van der Waals surface area contributed by atoms with E-state index in [1.807, 2.05) is 6.07 Å². The Morgan fingerprint density at radius 1 is 1.13 bits per heavy atom. The van der Waals surface area contributed by atoms with E-state index < -0.39 is 0 Å². The van der Waals surface area contributed by atoms with Crippen LogP contribution < -0.4 is 5.32 Å². The molecule has 4 nitrogen and oxygen atoms in total. The second kappa shape index (κ2) is 5.19. The lowest BCUT2D eigenvalue weighted by molar-refractivity contribution is -0.132. The van der Waals surface area contributed by atoms with Gasteiger partial charge in [0.2, 0.25) is 5.91 Å². The Morgan fingerprint density at radius 2 is 1.78 bits per heavy atom. The Bertz CT molecular complexity index is 687. The minimum absolute atomic E-state index is 0.0501. The van der Waals surface area contributed by atoms with Crippen molar-refractivity contribution in [2.45, 2.75) is 32.1 Å². The van der Waals surface area contributed by atoms with E-state index in [0.29, 0.717) is 17.0 Å². The number of nitrogens with zero attached hydrogens (tertiary/aromatic N) is 1. The van der Waals surface area contributed by atoms with Gasteiger partial charge in [0, 0.05) is 5.56 Å². The topological polar surface area (TPSA) is 70.0 Å². The normalized spacial score (nSPS) is 33.4. The molecule has 1 N–H and O–H groups in total. The van der Waals surface area contributed by atoms with Crippen LogP contribution in [0.3, 0.4) is 0 Å². The van der Waals surface area contributed by atoms with Gasteiger partial charge in [-0.3, -0.25) is 9.59 Å². The second-order valence-corrected chi connectivity index (χ2v) is 7.50. The number of Topliss-reactive ketones (excluding diaryl/α,β-unsaturated/α-hetero) is 1. The van der Waals surface area contributed by atoms with Crippen molar-refractivity contribution in [1.82, 2.24) is 5.32 Å². The minimum Gasteiger partial charge on any atom is -0.348 e. The standard InChI is InChI=1S/C19H20N2O2/c20-10-12-1-3-15(4-2-12)17(22)11-21-18(23)19-8-13-5-14(9-19)7-16(19)6-13/h1-4,13-14,16H,5-9,11H2,(H,21,23). The van der Waals surface area contributed by atoms with E-state index in [-0.39, 0.29) is 23.7 Å². The summed E-state index contributed by atoms with van der Waals surface area (Å²) in [6.07, 6.45) is 5.74. The lowest BCUT2D eigenvalue weighted by Crippen LogP contribution is -2.43. The van der Waals surface area contributed by atoms with E-state index in [1.54, 1.807) is 24.3 Å². The van der Waals surface area contributed by atoms with Crippen LogP contribution in [0.15, 0.2) is 24.3 Å². The highest BCUT2D eigenvalue weighted by molar-refractivity contribution is 6.00. The number of carbonyl (C=O) groups excluding carboxylic acids is 2. The van der Waals surface area contributed by atoms with Gasteiger partial charge in [-0.1, -0.05) is 12.1 Å². The minimum atomic E-state index is -0.182. The van der Waals surface area contributed by atoms with Gasteiger partial charge in [0.15, 0.2) is 5.78 Å². The van der Waals surface area contributed by atoms with Crippen LogP contribution in [0.5, 0.6) is 0 Å². The average Bonchev–Trinajstić information content (AvgIpc) is 2.97. The van der Waals surface area contributed by atoms with Crippen molar-refractivity contribution in [3.63, 3.8) is 0 Å². The maximum atomic E-state index is 12.7. The molecule has 1 amide bonds. The third-order valence-electron chi connectivity index (χ3n) is 6.19. The summed E-state index contributed by atoms with van der Waals surface area (Å²) in [5, 5.41) is 11.7.